The molecule has 1 aromatic carbocycles. The number of carbonyl (C=O) groups is 4. The lowest BCUT2D eigenvalue weighted by Gasteiger charge is -2.23. The largest absolute Gasteiger partial charge is 0.454 e. The summed E-state index contributed by atoms with van der Waals surface area (Å²) in [4.78, 5) is 51.2. The Hall–Kier alpha value is -2.96. The van der Waals surface area contributed by atoms with Crippen molar-refractivity contribution in [1.29, 1.82) is 0 Å². The molecule has 7 nitrogen and oxygen atoms in total. The van der Waals surface area contributed by atoms with Crippen LogP contribution in [0.2, 0.25) is 0 Å². The number of nitrogens with zero attached hydrogens (tertiary/aromatic N) is 1. The SMILES string of the molecule is Cc1ccc(C)c(NC(=O)COC(=O)[C@H](C)N2C(=O)[C@H]3[C@H](C2=O)[C@H]2C=C[C@H]3C2)c1. The highest BCUT2D eigenvalue weighted by Crippen LogP contribution is 2.52. The maximum Gasteiger partial charge on any atom is 0.329 e. The molecule has 0 radical (unpaired) electrons. The van der Waals surface area contributed by atoms with Gasteiger partial charge in [-0.1, -0.05) is 24.3 Å². The van der Waals surface area contributed by atoms with E-state index in [1.54, 1.807) is 0 Å². The topological polar surface area (TPSA) is 92.8 Å². The summed E-state index contributed by atoms with van der Waals surface area (Å²) >= 11 is 0. The molecule has 0 spiro atoms. The minimum absolute atomic E-state index is 0.0815. The van der Waals surface area contributed by atoms with E-state index in [-0.39, 0.29) is 35.5 Å². The third-order valence-electron chi connectivity index (χ3n) is 6.25. The number of hydrogen-bond donors (Lipinski definition) is 1. The maximum absolute atomic E-state index is 12.8. The van der Waals surface area contributed by atoms with Crippen molar-refractivity contribution in [3.8, 4) is 0 Å². The summed E-state index contributed by atoms with van der Waals surface area (Å²) in [6.45, 7) is 4.77. The Balaban J connectivity index is 1.35. The summed E-state index contributed by atoms with van der Waals surface area (Å²) in [7, 11) is 0. The van der Waals surface area contributed by atoms with E-state index in [0.29, 0.717) is 5.69 Å². The van der Waals surface area contributed by atoms with Crippen molar-refractivity contribution >= 4 is 29.4 Å². The van der Waals surface area contributed by atoms with Crippen LogP contribution >= 0.6 is 0 Å². The smallest absolute Gasteiger partial charge is 0.329 e. The molecule has 152 valence electrons. The summed E-state index contributed by atoms with van der Waals surface area (Å²) in [5, 5.41) is 2.71. The summed E-state index contributed by atoms with van der Waals surface area (Å²) in [6.07, 6.45) is 4.83. The number of rotatable bonds is 5. The second-order valence-electron chi connectivity index (χ2n) is 8.20. The standard InChI is InChI=1S/C22H24N2O5/c1-11-4-5-12(2)16(8-11)23-17(25)10-29-22(28)13(3)24-20(26)18-14-6-7-15(9-14)19(18)21(24)27/h4-8,13-15,18-19H,9-10H2,1-3H3,(H,23,25)/t13-,14-,15-,18+,19+/m0/s1. The van der Waals surface area contributed by atoms with E-state index in [1.165, 1.54) is 6.92 Å². The highest BCUT2D eigenvalue weighted by Gasteiger charge is 2.60. The first-order chi connectivity index (χ1) is 13.8. The van der Waals surface area contributed by atoms with E-state index in [0.717, 1.165) is 22.4 Å². The van der Waals surface area contributed by atoms with Gasteiger partial charge in [0.1, 0.15) is 6.04 Å². The van der Waals surface area contributed by atoms with Crippen LogP contribution in [0.4, 0.5) is 5.69 Å². The minimum Gasteiger partial charge on any atom is -0.454 e. The molecule has 2 fully saturated rings. The molecule has 3 aliphatic rings. The number of hydrogen-bond acceptors (Lipinski definition) is 5. The van der Waals surface area contributed by atoms with Crippen molar-refractivity contribution in [3.63, 3.8) is 0 Å². The molecule has 0 unspecified atom stereocenters. The summed E-state index contributed by atoms with van der Waals surface area (Å²) < 4.78 is 5.10. The zero-order valence-corrected chi connectivity index (χ0v) is 16.7. The maximum atomic E-state index is 12.8. The Morgan fingerprint density at radius 1 is 1.14 bits per heavy atom. The van der Waals surface area contributed by atoms with Crippen molar-refractivity contribution in [2.45, 2.75) is 33.2 Å². The van der Waals surface area contributed by atoms with Crippen LogP contribution in [0.15, 0.2) is 30.4 Å². The van der Waals surface area contributed by atoms with E-state index in [2.05, 4.69) is 5.32 Å². The second kappa shape index (κ2) is 7.13. The van der Waals surface area contributed by atoms with Crippen LogP contribution < -0.4 is 5.32 Å². The van der Waals surface area contributed by atoms with Crippen LogP contribution in [-0.4, -0.2) is 41.2 Å². The second-order valence-corrected chi connectivity index (χ2v) is 8.20. The Morgan fingerprint density at radius 2 is 1.76 bits per heavy atom. The van der Waals surface area contributed by atoms with Crippen LogP contribution in [0.5, 0.6) is 0 Å². The number of carbonyl (C=O) groups excluding carboxylic acids is 4. The van der Waals surface area contributed by atoms with Gasteiger partial charge in [-0.25, -0.2) is 4.79 Å². The van der Waals surface area contributed by atoms with Crippen LogP contribution in [0.1, 0.15) is 24.5 Å². The zero-order chi connectivity index (χ0) is 20.9. The van der Waals surface area contributed by atoms with E-state index < -0.39 is 24.5 Å². The number of benzene rings is 1. The quantitative estimate of drug-likeness (QED) is 0.467. The molecule has 1 aromatic rings. The molecular weight excluding hydrogens is 372 g/mol. The molecule has 1 N–H and O–H groups in total. The Bertz CT molecular complexity index is 907. The van der Waals surface area contributed by atoms with Crippen molar-refractivity contribution < 1.29 is 23.9 Å². The zero-order valence-electron chi connectivity index (χ0n) is 16.7. The highest BCUT2D eigenvalue weighted by molar-refractivity contribution is 6.09. The first-order valence-electron chi connectivity index (χ1n) is 9.87. The van der Waals surface area contributed by atoms with Crippen molar-refractivity contribution in [2.75, 3.05) is 11.9 Å². The lowest BCUT2D eigenvalue weighted by atomic mass is 9.85. The van der Waals surface area contributed by atoms with Crippen molar-refractivity contribution in [3.05, 3.63) is 41.5 Å². The molecular formula is C22H24N2O5. The monoisotopic (exact) mass is 396 g/mol. The number of likely N-dealkylation sites (tertiary alicyclic amines) is 1. The number of imide groups is 1. The third kappa shape index (κ3) is 3.24. The predicted octanol–water partition coefficient (Wildman–Crippen LogP) is 1.98. The van der Waals surface area contributed by atoms with Gasteiger partial charge < -0.3 is 10.1 Å². The van der Waals surface area contributed by atoms with E-state index in [4.69, 9.17) is 4.74 Å². The van der Waals surface area contributed by atoms with Crippen LogP contribution in [0.25, 0.3) is 0 Å². The lowest BCUT2D eigenvalue weighted by molar-refractivity contribution is -0.159. The first kappa shape index (κ1) is 19.4. The number of amides is 3. The first-order valence-corrected chi connectivity index (χ1v) is 9.87. The molecule has 29 heavy (non-hydrogen) atoms. The molecule has 1 heterocycles. The molecule has 0 aromatic heterocycles. The fraction of sp³-hybridized carbons (Fsp3) is 0.455. The van der Waals surface area contributed by atoms with E-state index in [1.807, 2.05) is 44.2 Å². The summed E-state index contributed by atoms with van der Waals surface area (Å²) in [5.74, 6) is -2.40. The lowest BCUT2D eigenvalue weighted by Crippen LogP contribution is -2.45. The third-order valence-corrected chi connectivity index (χ3v) is 6.25. The number of anilines is 1. The van der Waals surface area contributed by atoms with Gasteiger partial charge >= 0.3 is 5.97 Å². The van der Waals surface area contributed by atoms with E-state index >= 15 is 0 Å². The van der Waals surface area contributed by atoms with Gasteiger partial charge in [0.25, 0.3) is 5.91 Å². The van der Waals surface area contributed by atoms with Crippen LogP contribution in [0.3, 0.4) is 0 Å². The van der Waals surface area contributed by atoms with Gasteiger partial charge in [0.15, 0.2) is 6.61 Å². The van der Waals surface area contributed by atoms with Crippen molar-refractivity contribution in [1.82, 2.24) is 4.90 Å². The minimum atomic E-state index is -1.05. The number of fused-ring (bicyclic) bond motifs is 5. The highest BCUT2D eigenvalue weighted by atomic mass is 16.5. The molecule has 4 rings (SSSR count). The molecule has 2 aliphatic carbocycles. The Labute approximate surface area is 169 Å². The molecule has 2 bridgehead atoms. The number of nitrogens with one attached hydrogen (secondary N) is 1. The van der Waals surface area contributed by atoms with Crippen LogP contribution in [-0.2, 0) is 23.9 Å². The predicted molar refractivity (Wildman–Crippen MR) is 105 cm³/mol. The number of ether oxygens (including phenoxy) is 1. The molecule has 7 heteroatoms. The fourth-order valence-electron chi connectivity index (χ4n) is 4.73. The van der Waals surface area contributed by atoms with Gasteiger partial charge in [0, 0.05) is 5.69 Å². The Kier molecular flexibility index (Phi) is 4.76. The molecule has 5 atom stereocenters. The van der Waals surface area contributed by atoms with E-state index in [9.17, 15) is 19.2 Å². The van der Waals surface area contributed by atoms with Gasteiger partial charge in [-0.15, -0.1) is 0 Å². The average Bonchev–Trinajstić information content (AvgIpc) is 3.36. The molecule has 3 amide bonds. The van der Waals surface area contributed by atoms with Gasteiger partial charge in [-0.2, -0.15) is 0 Å². The van der Waals surface area contributed by atoms with Crippen molar-refractivity contribution in [2.24, 2.45) is 23.7 Å². The molecule has 1 saturated carbocycles. The number of allylic oxidation sites excluding steroid dienone is 2. The fourth-order valence-corrected chi connectivity index (χ4v) is 4.73. The molecule has 1 aliphatic heterocycles. The number of aryl methyl sites for hydroxylation is 2. The van der Waals surface area contributed by atoms with Gasteiger partial charge in [0.2, 0.25) is 11.8 Å². The summed E-state index contributed by atoms with van der Waals surface area (Å²) in [6, 6.07) is 4.62. The van der Waals surface area contributed by atoms with Gasteiger partial charge in [0.05, 0.1) is 11.8 Å². The number of esters is 1. The molecule has 1 saturated heterocycles. The van der Waals surface area contributed by atoms with Crippen LogP contribution in [0, 0.1) is 37.5 Å². The van der Waals surface area contributed by atoms with Gasteiger partial charge in [-0.3, -0.25) is 19.3 Å². The van der Waals surface area contributed by atoms with Gasteiger partial charge in [-0.05, 0) is 56.2 Å². The average molecular weight is 396 g/mol. The normalized spacial score (nSPS) is 27.9. The Morgan fingerprint density at radius 3 is 2.38 bits per heavy atom. The summed E-state index contributed by atoms with van der Waals surface area (Å²) in [5.41, 5.74) is 2.54.